The number of para-hydroxylation sites is 2. The standard InChI is InChI=1S/C56H35NO2/c1-2-10-38(11-3-1)47-15-8-16-48-50-35-41(27-33-53(50)59-56(47)48)37-24-30-44(31-25-37)57(51-17-9-19-54-55(51)49-14-6-7-18-52(49)58-54)43-28-22-36(23-29-43)40-26-32-46-42(34-40)21-20-39-12-4-5-13-45(39)46/h1-35H. The van der Waals surface area contributed by atoms with Gasteiger partial charge in [0.05, 0.1) is 11.1 Å². The van der Waals surface area contributed by atoms with Crippen LogP contribution in [0.5, 0.6) is 0 Å². The van der Waals surface area contributed by atoms with Crippen molar-refractivity contribution in [2.45, 2.75) is 0 Å². The lowest BCUT2D eigenvalue weighted by molar-refractivity contribution is 0.669. The SMILES string of the molecule is c1ccc(-c2cccc3c2oc2ccc(-c4ccc(N(c5ccc(-c6ccc7c(ccc8ccccc87)c6)cc5)c5cccc6oc7ccccc7c56)cc4)cc23)cc1. The molecular weight excluding hydrogens is 719 g/mol. The molecule has 0 N–H and O–H groups in total. The van der Waals surface area contributed by atoms with Crippen LogP contribution in [-0.2, 0) is 0 Å². The van der Waals surface area contributed by atoms with Crippen molar-refractivity contribution in [3.8, 4) is 33.4 Å². The van der Waals surface area contributed by atoms with Crippen LogP contribution in [-0.4, -0.2) is 0 Å². The van der Waals surface area contributed by atoms with Gasteiger partial charge in [0.25, 0.3) is 0 Å². The van der Waals surface area contributed by atoms with E-state index < -0.39 is 0 Å². The van der Waals surface area contributed by atoms with Crippen LogP contribution in [0.1, 0.15) is 0 Å². The summed E-state index contributed by atoms with van der Waals surface area (Å²) in [5.74, 6) is 0. The molecule has 2 aromatic heterocycles. The van der Waals surface area contributed by atoms with Gasteiger partial charge in [0, 0.05) is 33.1 Å². The molecule has 12 rings (SSSR count). The van der Waals surface area contributed by atoms with Gasteiger partial charge in [-0.25, -0.2) is 0 Å². The van der Waals surface area contributed by atoms with E-state index in [2.05, 4.69) is 199 Å². The summed E-state index contributed by atoms with van der Waals surface area (Å²) in [6, 6.07) is 75.7. The second-order valence-corrected chi connectivity index (χ2v) is 15.3. The highest BCUT2D eigenvalue weighted by Crippen LogP contribution is 2.44. The molecule has 0 bridgehead atoms. The molecule has 0 aliphatic rings. The number of nitrogens with zero attached hydrogens (tertiary/aromatic N) is 1. The average molecular weight is 754 g/mol. The summed E-state index contributed by atoms with van der Waals surface area (Å²) < 4.78 is 12.9. The monoisotopic (exact) mass is 753 g/mol. The molecule has 0 saturated carbocycles. The second kappa shape index (κ2) is 13.4. The highest BCUT2D eigenvalue weighted by Gasteiger charge is 2.20. The molecule has 59 heavy (non-hydrogen) atoms. The van der Waals surface area contributed by atoms with E-state index in [9.17, 15) is 0 Å². The van der Waals surface area contributed by atoms with Crippen molar-refractivity contribution in [3.63, 3.8) is 0 Å². The van der Waals surface area contributed by atoms with Gasteiger partial charge < -0.3 is 13.7 Å². The van der Waals surface area contributed by atoms with Crippen LogP contribution in [0.3, 0.4) is 0 Å². The molecule has 0 spiro atoms. The van der Waals surface area contributed by atoms with E-state index in [0.29, 0.717) is 0 Å². The Morgan fingerprint density at radius 3 is 1.71 bits per heavy atom. The normalized spacial score (nSPS) is 11.7. The molecule has 3 nitrogen and oxygen atoms in total. The van der Waals surface area contributed by atoms with Crippen LogP contribution in [0, 0.1) is 0 Å². The molecule has 0 fully saturated rings. The molecule has 10 aromatic carbocycles. The van der Waals surface area contributed by atoms with E-state index in [-0.39, 0.29) is 0 Å². The van der Waals surface area contributed by atoms with Crippen molar-refractivity contribution in [3.05, 3.63) is 212 Å². The summed E-state index contributed by atoms with van der Waals surface area (Å²) in [5, 5.41) is 9.46. The van der Waals surface area contributed by atoms with Gasteiger partial charge in [-0.15, -0.1) is 0 Å². The topological polar surface area (TPSA) is 29.5 Å². The molecule has 0 atom stereocenters. The summed E-state index contributed by atoms with van der Waals surface area (Å²) in [7, 11) is 0. The quantitative estimate of drug-likeness (QED) is 0.158. The van der Waals surface area contributed by atoms with E-state index in [1.54, 1.807) is 0 Å². The molecule has 0 radical (unpaired) electrons. The smallest absolute Gasteiger partial charge is 0.143 e. The zero-order valence-corrected chi connectivity index (χ0v) is 32.0. The van der Waals surface area contributed by atoms with Crippen molar-refractivity contribution in [2.75, 3.05) is 4.90 Å². The van der Waals surface area contributed by atoms with Crippen LogP contribution in [0.15, 0.2) is 221 Å². The molecule has 0 amide bonds. The summed E-state index contributed by atoms with van der Waals surface area (Å²) in [4.78, 5) is 2.35. The molecule has 0 saturated heterocycles. The van der Waals surface area contributed by atoms with Gasteiger partial charge in [-0.05, 0) is 110 Å². The molecule has 3 heteroatoms. The number of fused-ring (bicyclic) bond motifs is 9. The number of benzene rings is 10. The second-order valence-electron chi connectivity index (χ2n) is 15.3. The maximum Gasteiger partial charge on any atom is 0.143 e. The molecule has 12 aromatic rings. The first-order valence-electron chi connectivity index (χ1n) is 20.1. The summed E-state index contributed by atoms with van der Waals surface area (Å²) >= 11 is 0. The fourth-order valence-electron chi connectivity index (χ4n) is 8.99. The van der Waals surface area contributed by atoms with Crippen LogP contribution in [0.4, 0.5) is 17.1 Å². The third-order valence-corrected chi connectivity index (χ3v) is 11.9. The lowest BCUT2D eigenvalue weighted by Gasteiger charge is -2.26. The zero-order valence-electron chi connectivity index (χ0n) is 32.0. The third-order valence-electron chi connectivity index (χ3n) is 11.9. The Morgan fingerprint density at radius 1 is 0.305 bits per heavy atom. The van der Waals surface area contributed by atoms with Crippen LogP contribution < -0.4 is 4.90 Å². The average Bonchev–Trinajstić information content (AvgIpc) is 3.88. The van der Waals surface area contributed by atoms with E-state index in [0.717, 1.165) is 83.2 Å². The molecule has 0 aliphatic carbocycles. The van der Waals surface area contributed by atoms with Crippen LogP contribution in [0.25, 0.3) is 98.8 Å². The minimum atomic E-state index is 0.863. The van der Waals surface area contributed by atoms with Crippen LogP contribution >= 0.6 is 0 Å². The van der Waals surface area contributed by atoms with Gasteiger partial charge >= 0.3 is 0 Å². The highest BCUT2D eigenvalue weighted by atomic mass is 16.3. The maximum atomic E-state index is 6.49. The first kappa shape index (κ1) is 33.3. The Hall–Kier alpha value is -7.88. The molecule has 0 unspecified atom stereocenters. The van der Waals surface area contributed by atoms with E-state index in [1.165, 1.54) is 32.7 Å². The number of rotatable bonds is 6. The third kappa shape index (κ3) is 5.51. The zero-order chi connectivity index (χ0) is 38.9. The highest BCUT2D eigenvalue weighted by molar-refractivity contribution is 6.14. The molecule has 0 aliphatic heterocycles. The maximum absolute atomic E-state index is 6.49. The first-order chi connectivity index (χ1) is 29.2. The lowest BCUT2D eigenvalue weighted by Crippen LogP contribution is -2.10. The van der Waals surface area contributed by atoms with Gasteiger partial charge in [-0.1, -0.05) is 152 Å². The van der Waals surface area contributed by atoms with Crippen molar-refractivity contribution in [2.24, 2.45) is 0 Å². The van der Waals surface area contributed by atoms with E-state index in [1.807, 2.05) is 18.2 Å². The summed E-state index contributed by atoms with van der Waals surface area (Å²) in [5.41, 5.74) is 13.6. The summed E-state index contributed by atoms with van der Waals surface area (Å²) in [6.07, 6.45) is 0. The minimum Gasteiger partial charge on any atom is -0.456 e. The van der Waals surface area contributed by atoms with Gasteiger partial charge in [0.2, 0.25) is 0 Å². The molecule has 2 heterocycles. The largest absolute Gasteiger partial charge is 0.456 e. The number of anilines is 3. The predicted molar refractivity (Wildman–Crippen MR) is 247 cm³/mol. The number of hydrogen-bond acceptors (Lipinski definition) is 3. The van der Waals surface area contributed by atoms with Crippen molar-refractivity contribution < 1.29 is 8.83 Å². The Morgan fingerprint density at radius 2 is 0.898 bits per heavy atom. The Kier molecular flexibility index (Phi) is 7.54. The fourth-order valence-corrected chi connectivity index (χ4v) is 8.99. The van der Waals surface area contributed by atoms with Gasteiger partial charge in [0.1, 0.15) is 22.3 Å². The first-order valence-corrected chi connectivity index (χ1v) is 20.1. The Bertz CT molecular complexity index is 3540. The van der Waals surface area contributed by atoms with Crippen molar-refractivity contribution in [1.82, 2.24) is 0 Å². The van der Waals surface area contributed by atoms with Gasteiger partial charge in [-0.3, -0.25) is 0 Å². The fraction of sp³-hybridized carbons (Fsp3) is 0. The summed E-state index contributed by atoms with van der Waals surface area (Å²) in [6.45, 7) is 0. The van der Waals surface area contributed by atoms with Gasteiger partial charge in [0.15, 0.2) is 0 Å². The van der Waals surface area contributed by atoms with Crippen molar-refractivity contribution in [1.29, 1.82) is 0 Å². The van der Waals surface area contributed by atoms with E-state index >= 15 is 0 Å². The van der Waals surface area contributed by atoms with Crippen molar-refractivity contribution >= 4 is 82.5 Å². The Balaban J connectivity index is 0.951. The Labute approximate surface area is 340 Å². The number of hydrogen-bond donors (Lipinski definition) is 0. The van der Waals surface area contributed by atoms with E-state index in [4.69, 9.17) is 8.83 Å². The number of furan rings is 2. The van der Waals surface area contributed by atoms with Gasteiger partial charge in [-0.2, -0.15) is 0 Å². The molecular formula is C56H35NO2. The predicted octanol–water partition coefficient (Wildman–Crippen LogP) is 16.3. The van der Waals surface area contributed by atoms with Crippen LogP contribution in [0.2, 0.25) is 0 Å². The molecule has 276 valence electrons. The minimum absolute atomic E-state index is 0.863. The lowest BCUT2D eigenvalue weighted by atomic mass is 9.97.